The molecule has 0 aromatic rings. The maximum Gasteiger partial charge on any atom is 0.309 e. The summed E-state index contributed by atoms with van der Waals surface area (Å²) in [4.78, 5) is 13.6. The second-order valence-corrected chi connectivity index (χ2v) is 6.37. The van der Waals surface area contributed by atoms with Gasteiger partial charge in [0.25, 0.3) is 0 Å². The van der Waals surface area contributed by atoms with E-state index in [0.29, 0.717) is 6.04 Å². The quantitative estimate of drug-likeness (QED) is 0.707. The van der Waals surface area contributed by atoms with Crippen LogP contribution >= 0.6 is 0 Å². The Labute approximate surface area is 112 Å². The number of aliphatic carboxylic acids is 1. The van der Waals surface area contributed by atoms with Crippen LogP contribution in [0.4, 0.5) is 0 Å². The highest BCUT2D eigenvalue weighted by Gasteiger charge is 2.29. The molecule has 1 aliphatic rings. The molecule has 1 rings (SSSR count). The third kappa shape index (κ3) is 3.98. The molecule has 1 fully saturated rings. The van der Waals surface area contributed by atoms with Crippen LogP contribution in [-0.4, -0.2) is 34.6 Å². The summed E-state index contributed by atoms with van der Waals surface area (Å²) < 4.78 is 0. The normalized spacial score (nSPS) is 25.6. The van der Waals surface area contributed by atoms with Gasteiger partial charge in [-0.3, -0.25) is 9.69 Å². The van der Waals surface area contributed by atoms with Gasteiger partial charge in [0.05, 0.1) is 5.41 Å². The molecule has 0 aliphatic carbocycles. The second-order valence-electron chi connectivity index (χ2n) is 6.37. The number of hydrogen-bond acceptors (Lipinski definition) is 2. The minimum Gasteiger partial charge on any atom is -0.481 e. The number of nitrogens with zero attached hydrogens (tertiary/aromatic N) is 1. The molecule has 2 atom stereocenters. The minimum absolute atomic E-state index is 0.569. The van der Waals surface area contributed by atoms with E-state index >= 15 is 0 Å². The number of hydrogen-bond donors (Lipinski definition) is 1. The summed E-state index contributed by atoms with van der Waals surface area (Å²) in [6.45, 7) is 9.36. The van der Waals surface area contributed by atoms with Crippen LogP contribution in [0.3, 0.4) is 0 Å². The number of carbonyl (C=O) groups is 1. The number of carboxylic acid groups (broad SMARTS) is 1. The van der Waals surface area contributed by atoms with Gasteiger partial charge in [0.1, 0.15) is 0 Å². The van der Waals surface area contributed by atoms with E-state index in [2.05, 4.69) is 18.7 Å². The first-order chi connectivity index (χ1) is 8.38. The third-order valence-corrected chi connectivity index (χ3v) is 4.47. The zero-order chi connectivity index (χ0) is 13.8. The van der Waals surface area contributed by atoms with Gasteiger partial charge in [-0.25, -0.2) is 0 Å². The van der Waals surface area contributed by atoms with Crippen molar-refractivity contribution in [3.8, 4) is 0 Å². The van der Waals surface area contributed by atoms with Crippen molar-refractivity contribution in [3.63, 3.8) is 0 Å². The van der Waals surface area contributed by atoms with Crippen molar-refractivity contribution in [1.82, 2.24) is 4.90 Å². The lowest BCUT2D eigenvalue weighted by Gasteiger charge is -2.28. The van der Waals surface area contributed by atoms with Crippen molar-refractivity contribution >= 4 is 5.97 Å². The van der Waals surface area contributed by atoms with E-state index in [1.54, 1.807) is 0 Å². The van der Waals surface area contributed by atoms with Gasteiger partial charge in [-0.15, -0.1) is 0 Å². The molecule has 106 valence electrons. The largest absolute Gasteiger partial charge is 0.481 e. The fourth-order valence-corrected chi connectivity index (χ4v) is 2.93. The molecule has 18 heavy (non-hydrogen) atoms. The average Bonchev–Trinajstić information content (AvgIpc) is 2.65. The van der Waals surface area contributed by atoms with E-state index in [9.17, 15) is 4.79 Å². The first-order valence-corrected chi connectivity index (χ1v) is 7.37. The number of rotatable bonds is 7. The molecule has 1 saturated heterocycles. The highest BCUT2D eigenvalue weighted by atomic mass is 16.4. The molecule has 3 heteroatoms. The highest BCUT2D eigenvalue weighted by Crippen LogP contribution is 2.27. The van der Waals surface area contributed by atoms with Crippen LogP contribution in [0.5, 0.6) is 0 Å². The number of carboxylic acids is 1. The summed E-state index contributed by atoms with van der Waals surface area (Å²) in [7, 11) is 0. The van der Waals surface area contributed by atoms with Gasteiger partial charge in [0.15, 0.2) is 0 Å². The van der Waals surface area contributed by atoms with Crippen LogP contribution in [0.25, 0.3) is 0 Å². The molecule has 0 aromatic heterocycles. The SMILES string of the molecule is CCC1CCC(C)N1CCCCC(C)(C)C(=O)O. The molecule has 1 aliphatic heterocycles. The summed E-state index contributed by atoms with van der Waals surface area (Å²) in [5, 5.41) is 9.06. The monoisotopic (exact) mass is 255 g/mol. The lowest BCUT2D eigenvalue weighted by atomic mass is 9.87. The van der Waals surface area contributed by atoms with E-state index in [-0.39, 0.29) is 0 Å². The molecular formula is C15H29NO2. The van der Waals surface area contributed by atoms with Crippen LogP contribution in [-0.2, 0) is 4.79 Å². The summed E-state index contributed by atoms with van der Waals surface area (Å²) in [6.07, 6.45) is 6.81. The molecule has 0 radical (unpaired) electrons. The third-order valence-electron chi connectivity index (χ3n) is 4.47. The Morgan fingerprint density at radius 1 is 1.33 bits per heavy atom. The van der Waals surface area contributed by atoms with Gasteiger partial charge in [-0.2, -0.15) is 0 Å². The van der Waals surface area contributed by atoms with Gasteiger partial charge in [0, 0.05) is 12.1 Å². The molecule has 1 N–H and O–H groups in total. The van der Waals surface area contributed by atoms with Crippen LogP contribution < -0.4 is 0 Å². The average molecular weight is 255 g/mol. The van der Waals surface area contributed by atoms with Crippen molar-refractivity contribution in [2.24, 2.45) is 5.41 Å². The lowest BCUT2D eigenvalue weighted by molar-refractivity contribution is -0.147. The summed E-state index contributed by atoms with van der Waals surface area (Å²) in [5.41, 5.74) is -0.569. The zero-order valence-electron chi connectivity index (χ0n) is 12.4. The summed E-state index contributed by atoms with van der Waals surface area (Å²) in [6, 6.07) is 1.47. The smallest absolute Gasteiger partial charge is 0.309 e. The van der Waals surface area contributed by atoms with E-state index in [1.807, 2.05) is 13.8 Å². The molecule has 0 saturated carbocycles. The summed E-state index contributed by atoms with van der Waals surface area (Å²) in [5.74, 6) is -0.677. The minimum atomic E-state index is -0.677. The maximum atomic E-state index is 11.0. The highest BCUT2D eigenvalue weighted by molar-refractivity contribution is 5.73. The van der Waals surface area contributed by atoms with E-state index < -0.39 is 11.4 Å². The predicted octanol–water partition coefficient (Wildman–Crippen LogP) is 3.53. The van der Waals surface area contributed by atoms with E-state index in [0.717, 1.165) is 31.8 Å². The van der Waals surface area contributed by atoms with Gasteiger partial charge >= 0.3 is 5.97 Å². The predicted molar refractivity (Wildman–Crippen MR) is 74.7 cm³/mol. The maximum absolute atomic E-state index is 11.0. The lowest BCUT2D eigenvalue weighted by Crippen LogP contribution is -2.35. The standard InChI is InChI=1S/C15H29NO2/c1-5-13-9-8-12(2)16(13)11-7-6-10-15(3,4)14(17)18/h12-13H,5-11H2,1-4H3,(H,17,18). The van der Waals surface area contributed by atoms with Crippen molar-refractivity contribution in [1.29, 1.82) is 0 Å². The fourth-order valence-electron chi connectivity index (χ4n) is 2.93. The van der Waals surface area contributed by atoms with Gasteiger partial charge < -0.3 is 5.11 Å². The topological polar surface area (TPSA) is 40.5 Å². The summed E-state index contributed by atoms with van der Waals surface area (Å²) >= 11 is 0. The van der Waals surface area contributed by atoms with Crippen LogP contribution in [0.2, 0.25) is 0 Å². The molecule has 2 unspecified atom stereocenters. The van der Waals surface area contributed by atoms with Crippen LogP contribution in [0.1, 0.15) is 66.2 Å². The molecular weight excluding hydrogens is 226 g/mol. The molecule has 1 heterocycles. The first kappa shape index (κ1) is 15.5. The fraction of sp³-hybridized carbons (Fsp3) is 0.933. The Hall–Kier alpha value is -0.570. The van der Waals surface area contributed by atoms with Crippen molar-refractivity contribution in [2.45, 2.75) is 78.3 Å². The van der Waals surface area contributed by atoms with Crippen LogP contribution in [0, 0.1) is 5.41 Å². The van der Waals surface area contributed by atoms with Gasteiger partial charge in [0.2, 0.25) is 0 Å². The molecule has 0 bridgehead atoms. The van der Waals surface area contributed by atoms with Crippen LogP contribution in [0.15, 0.2) is 0 Å². The van der Waals surface area contributed by atoms with Gasteiger partial charge in [-0.05, 0) is 59.4 Å². The Morgan fingerprint density at radius 2 is 2.00 bits per heavy atom. The molecule has 3 nitrogen and oxygen atoms in total. The number of unbranched alkanes of at least 4 members (excludes halogenated alkanes) is 1. The molecule has 0 spiro atoms. The van der Waals surface area contributed by atoms with Gasteiger partial charge in [-0.1, -0.05) is 13.3 Å². The first-order valence-electron chi connectivity index (χ1n) is 7.37. The Kier molecular flexibility index (Phi) is 5.64. The van der Waals surface area contributed by atoms with Crippen molar-refractivity contribution in [3.05, 3.63) is 0 Å². The van der Waals surface area contributed by atoms with E-state index in [4.69, 9.17) is 5.11 Å². The second kappa shape index (κ2) is 6.55. The number of likely N-dealkylation sites (tertiary alicyclic amines) is 1. The van der Waals surface area contributed by atoms with Crippen molar-refractivity contribution < 1.29 is 9.90 Å². The Morgan fingerprint density at radius 3 is 2.56 bits per heavy atom. The van der Waals surface area contributed by atoms with Crippen molar-refractivity contribution in [2.75, 3.05) is 6.54 Å². The van der Waals surface area contributed by atoms with E-state index in [1.165, 1.54) is 19.3 Å². The molecule has 0 aromatic carbocycles. The zero-order valence-corrected chi connectivity index (χ0v) is 12.4. The Bertz CT molecular complexity index is 276. The Balaban J connectivity index is 2.27. The molecule has 0 amide bonds.